The normalized spacial score (nSPS) is 14.9. The Labute approximate surface area is 135 Å². The molecule has 1 saturated heterocycles. The predicted molar refractivity (Wildman–Crippen MR) is 84.8 cm³/mol. The molecular formula is C16H21N3O4. The van der Waals surface area contributed by atoms with Gasteiger partial charge in [0.15, 0.2) is 0 Å². The van der Waals surface area contributed by atoms with E-state index in [-0.39, 0.29) is 12.0 Å². The molecule has 1 aromatic rings. The number of ether oxygens (including phenoxy) is 1. The minimum absolute atomic E-state index is 0.254. The minimum Gasteiger partial charge on any atom is -0.453 e. The van der Waals surface area contributed by atoms with E-state index in [1.807, 2.05) is 6.07 Å². The van der Waals surface area contributed by atoms with Gasteiger partial charge in [-0.05, 0) is 30.9 Å². The lowest BCUT2D eigenvalue weighted by atomic mass is 9.97. The van der Waals surface area contributed by atoms with Crippen LogP contribution in [0.2, 0.25) is 0 Å². The van der Waals surface area contributed by atoms with Crippen LogP contribution in [0.15, 0.2) is 30.3 Å². The number of methoxy groups -OCH3 is 1. The molecule has 1 aliphatic heterocycles. The first-order valence-corrected chi connectivity index (χ1v) is 7.57. The van der Waals surface area contributed by atoms with Gasteiger partial charge in [0.25, 0.3) is 0 Å². The van der Waals surface area contributed by atoms with Crippen molar-refractivity contribution in [1.82, 2.24) is 10.2 Å². The van der Waals surface area contributed by atoms with Gasteiger partial charge in [-0.2, -0.15) is 0 Å². The molecule has 0 radical (unpaired) electrons. The number of nitrogens with one attached hydrogen (secondary N) is 2. The Balaban J connectivity index is 1.71. The molecule has 0 aliphatic carbocycles. The summed E-state index contributed by atoms with van der Waals surface area (Å²) in [6.07, 6.45) is 1.22. The van der Waals surface area contributed by atoms with Crippen molar-refractivity contribution in [2.24, 2.45) is 5.92 Å². The summed E-state index contributed by atoms with van der Waals surface area (Å²) in [5.74, 6) is -1.07. The summed E-state index contributed by atoms with van der Waals surface area (Å²) >= 11 is 0. The van der Waals surface area contributed by atoms with Gasteiger partial charge in [-0.3, -0.25) is 9.59 Å². The van der Waals surface area contributed by atoms with Crippen molar-refractivity contribution in [1.29, 1.82) is 0 Å². The second kappa shape index (κ2) is 8.17. The first-order valence-electron chi connectivity index (χ1n) is 7.57. The highest BCUT2D eigenvalue weighted by Gasteiger charge is 2.24. The number of nitrogens with zero attached hydrogens (tertiary/aromatic N) is 1. The molecule has 0 bridgehead atoms. The highest BCUT2D eigenvalue weighted by Crippen LogP contribution is 2.16. The molecule has 2 N–H and O–H groups in total. The van der Waals surface area contributed by atoms with Crippen LogP contribution in [-0.2, 0) is 14.3 Å². The average Bonchev–Trinajstić information content (AvgIpc) is 2.60. The molecule has 0 aromatic heterocycles. The smallest absolute Gasteiger partial charge is 0.409 e. The Morgan fingerprint density at radius 2 is 1.78 bits per heavy atom. The Morgan fingerprint density at radius 3 is 2.39 bits per heavy atom. The molecule has 1 heterocycles. The first kappa shape index (κ1) is 16.8. The van der Waals surface area contributed by atoms with Crippen molar-refractivity contribution in [2.45, 2.75) is 12.8 Å². The minimum atomic E-state index is -0.678. The molecule has 1 aromatic carbocycles. The quantitative estimate of drug-likeness (QED) is 0.820. The Kier molecular flexibility index (Phi) is 5.96. The van der Waals surface area contributed by atoms with Crippen molar-refractivity contribution in [3.63, 3.8) is 0 Å². The van der Waals surface area contributed by atoms with E-state index in [4.69, 9.17) is 0 Å². The monoisotopic (exact) mass is 319 g/mol. The van der Waals surface area contributed by atoms with E-state index in [1.165, 1.54) is 7.11 Å². The fraction of sp³-hybridized carbons (Fsp3) is 0.438. The lowest BCUT2D eigenvalue weighted by molar-refractivity contribution is -0.136. The maximum atomic E-state index is 11.8. The molecule has 1 aliphatic rings. The summed E-state index contributed by atoms with van der Waals surface area (Å²) in [4.78, 5) is 36.6. The molecule has 1 fully saturated rings. The topological polar surface area (TPSA) is 87.7 Å². The number of piperidine rings is 1. The summed E-state index contributed by atoms with van der Waals surface area (Å²) in [5.41, 5.74) is 0.582. The second-order valence-electron chi connectivity index (χ2n) is 5.43. The number of hydrogen-bond donors (Lipinski definition) is 2. The van der Waals surface area contributed by atoms with E-state index in [9.17, 15) is 14.4 Å². The third kappa shape index (κ3) is 4.98. The van der Waals surface area contributed by atoms with Crippen LogP contribution in [-0.4, -0.2) is 49.6 Å². The number of likely N-dealkylation sites (tertiary alicyclic amines) is 1. The largest absolute Gasteiger partial charge is 0.453 e. The summed E-state index contributed by atoms with van der Waals surface area (Å²) in [7, 11) is 1.36. The predicted octanol–water partition coefficient (Wildman–Crippen LogP) is 1.22. The fourth-order valence-electron chi connectivity index (χ4n) is 2.48. The molecule has 124 valence electrons. The number of amides is 3. The first-order chi connectivity index (χ1) is 11.1. The summed E-state index contributed by atoms with van der Waals surface area (Å²) < 4.78 is 4.68. The summed E-state index contributed by atoms with van der Waals surface area (Å²) in [5, 5.41) is 5.18. The second-order valence-corrected chi connectivity index (χ2v) is 5.43. The van der Waals surface area contributed by atoms with Crippen LogP contribution in [0.5, 0.6) is 0 Å². The number of rotatable bonds is 3. The van der Waals surface area contributed by atoms with Crippen molar-refractivity contribution >= 4 is 23.6 Å². The van der Waals surface area contributed by atoms with Crippen LogP contribution in [0.3, 0.4) is 0 Å². The zero-order chi connectivity index (χ0) is 16.7. The Morgan fingerprint density at radius 1 is 1.13 bits per heavy atom. The lowest BCUT2D eigenvalue weighted by Gasteiger charge is -2.30. The van der Waals surface area contributed by atoms with E-state index in [1.54, 1.807) is 29.2 Å². The molecule has 23 heavy (non-hydrogen) atoms. The zero-order valence-electron chi connectivity index (χ0n) is 13.1. The maximum Gasteiger partial charge on any atom is 0.409 e. The third-order valence-electron chi connectivity index (χ3n) is 3.84. The van der Waals surface area contributed by atoms with Crippen LogP contribution in [0, 0.1) is 5.92 Å². The lowest BCUT2D eigenvalue weighted by Crippen LogP contribution is -2.43. The standard InChI is InChI=1S/C16H21N3O4/c1-23-16(22)19-9-7-12(8-10-19)11-17-14(20)15(21)18-13-5-3-2-4-6-13/h2-6,12H,7-11H2,1H3,(H,17,20)(H,18,21). The highest BCUT2D eigenvalue weighted by molar-refractivity contribution is 6.39. The van der Waals surface area contributed by atoms with Gasteiger partial charge < -0.3 is 20.3 Å². The molecule has 0 unspecified atom stereocenters. The molecule has 2 rings (SSSR count). The molecule has 7 nitrogen and oxygen atoms in total. The van der Waals surface area contributed by atoms with Crippen molar-refractivity contribution < 1.29 is 19.1 Å². The van der Waals surface area contributed by atoms with Gasteiger partial charge in [-0.25, -0.2) is 4.79 Å². The molecular weight excluding hydrogens is 298 g/mol. The van der Waals surface area contributed by atoms with Crippen LogP contribution in [0.25, 0.3) is 0 Å². The van der Waals surface area contributed by atoms with Gasteiger partial charge in [0.2, 0.25) is 0 Å². The maximum absolute atomic E-state index is 11.8. The number of anilines is 1. The van der Waals surface area contributed by atoms with Crippen LogP contribution in [0.4, 0.5) is 10.5 Å². The van der Waals surface area contributed by atoms with E-state index in [2.05, 4.69) is 15.4 Å². The number of hydrogen-bond acceptors (Lipinski definition) is 4. The summed E-state index contributed by atoms with van der Waals surface area (Å²) in [6, 6.07) is 8.82. The Hall–Kier alpha value is -2.57. The third-order valence-corrected chi connectivity index (χ3v) is 3.84. The number of carbonyl (C=O) groups excluding carboxylic acids is 3. The zero-order valence-corrected chi connectivity index (χ0v) is 13.1. The number of benzene rings is 1. The van der Waals surface area contributed by atoms with E-state index in [0.717, 1.165) is 12.8 Å². The van der Waals surface area contributed by atoms with Crippen LogP contribution >= 0.6 is 0 Å². The van der Waals surface area contributed by atoms with Crippen molar-refractivity contribution in [2.75, 3.05) is 32.1 Å². The van der Waals surface area contributed by atoms with E-state index >= 15 is 0 Å². The van der Waals surface area contributed by atoms with Gasteiger partial charge in [0.05, 0.1) is 7.11 Å². The van der Waals surface area contributed by atoms with Crippen LogP contribution in [0.1, 0.15) is 12.8 Å². The Bertz CT molecular complexity index is 554. The highest BCUT2D eigenvalue weighted by atomic mass is 16.5. The van der Waals surface area contributed by atoms with Crippen molar-refractivity contribution in [3.8, 4) is 0 Å². The molecule has 0 spiro atoms. The van der Waals surface area contributed by atoms with E-state index < -0.39 is 11.8 Å². The number of para-hydroxylation sites is 1. The SMILES string of the molecule is COC(=O)N1CCC(CNC(=O)C(=O)Nc2ccccc2)CC1. The van der Waals surface area contributed by atoms with Gasteiger partial charge >= 0.3 is 17.9 Å². The van der Waals surface area contributed by atoms with Gasteiger partial charge in [-0.15, -0.1) is 0 Å². The molecule has 3 amide bonds. The van der Waals surface area contributed by atoms with Gasteiger partial charge in [0, 0.05) is 25.3 Å². The molecule has 7 heteroatoms. The number of carbonyl (C=O) groups is 3. The van der Waals surface area contributed by atoms with E-state index in [0.29, 0.717) is 25.3 Å². The average molecular weight is 319 g/mol. The molecule has 0 saturated carbocycles. The van der Waals surface area contributed by atoms with Crippen molar-refractivity contribution in [3.05, 3.63) is 30.3 Å². The molecule has 0 atom stereocenters. The summed E-state index contributed by atoms with van der Waals surface area (Å²) in [6.45, 7) is 1.63. The van der Waals surface area contributed by atoms with Gasteiger partial charge in [-0.1, -0.05) is 18.2 Å². The fourth-order valence-corrected chi connectivity index (χ4v) is 2.48. The van der Waals surface area contributed by atoms with Gasteiger partial charge in [0.1, 0.15) is 0 Å². The van der Waals surface area contributed by atoms with Crippen LogP contribution < -0.4 is 10.6 Å².